The molecule has 1 aromatic carbocycles. The van der Waals surface area contributed by atoms with Gasteiger partial charge in [-0.15, -0.1) is 0 Å². The first kappa shape index (κ1) is 41.7. The lowest BCUT2D eigenvalue weighted by molar-refractivity contribution is -0.158. The summed E-state index contributed by atoms with van der Waals surface area (Å²) >= 11 is 0. The lowest BCUT2D eigenvalue weighted by Crippen LogP contribution is -2.61. The molecule has 7 atom stereocenters. The number of hydrogen-bond donors (Lipinski definition) is 3. The lowest BCUT2D eigenvalue weighted by Gasteiger charge is -2.37. The van der Waals surface area contributed by atoms with Crippen molar-refractivity contribution in [2.75, 3.05) is 26.2 Å². The summed E-state index contributed by atoms with van der Waals surface area (Å²) in [5.74, 6) is -5.85. The molecular weight excluding hydrogens is 742 g/mol. The second kappa shape index (κ2) is 18.6. The second-order valence-corrected chi connectivity index (χ2v) is 16.3. The van der Waals surface area contributed by atoms with Gasteiger partial charge < -0.3 is 35.4 Å². The molecule has 1 aliphatic carbocycles. The normalized spacial score (nSPS) is 28.3. The van der Waals surface area contributed by atoms with Gasteiger partial charge in [-0.1, -0.05) is 51.2 Å². The van der Waals surface area contributed by atoms with Gasteiger partial charge in [-0.05, 0) is 68.6 Å². The first-order valence-electron chi connectivity index (χ1n) is 20.4. The van der Waals surface area contributed by atoms with E-state index in [-0.39, 0.29) is 63.2 Å². The third kappa shape index (κ3) is 10.2. The Balaban J connectivity index is 1.28. The van der Waals surface area contributed by atoms with Gasteiger partial charge in [0.2, 0.25) is 35.4 Å². The van der Waals surface area contributed by atoms with Crippen molar-refractivity contribution in [2.45, 2.75) is 127 Å². The molecular formula is C41H54F2N6O8. The van der Waals surface area contributed by atoms with Crippen LogP contribution in [0.15, 0.2) is 30.4 Å². The van der Waals surface area contributed by atoms with Crippen LogP contribution in [0.1, 0.15) is 90.0 Å². The van der Waals surface area contributed by atoms with Crippen molar-refractivity contribution in [2.24, 2.45) is 11.8 Å². The van der Waals surface area contributed by atoms with Crippen LogP contribution in [-0.2, 0) is 44.7 Å². The molecule has 0 aromatic heterocycles. The van der Waals surface area contributed by atoms with Crippen LogP contribution in [0, 0.1) is 23.5 Å². The predicted octanol–water partition coefficient (Wildman–Crippen LogP) is 2.28. The van der Waals surface area contributed by atoms with Crippen molar-refractivity contribution in [3.8, 4) is 0 Å². The minimum Gasteiger partial charge on any atom is -0.461 e. The summed E-state index contributed by atoms with van der Waals surface area (Å²) in [6, 6.07) is -4.13. The molecule has 1 aromatic rings. The zero-order valence-electron chi connectivity index (χ0n) is 32.7. The van der Waals surface area contributed by atoms with Crippen LogP contribution in [0.3, 0.4) is 0 Å². The number of carbonyl (C=O) groups excluding carboxylic acids is 7. The van der Waals surface area contributed by atoms with Crippen molar-refractivity contribution < 1.29 is 47.1 Å². The van der Waals surface area contributed by atoms with Crippen LogP contribution in [0.2, 0.25) is 0 Å². The molecule has 5 aliphatic rings. The molecule has 6 amide bonds. The van der Waals surface area contributed by atoms with Crippen LogP contribution in [0.25, 0.3) is 0 Å². The fourth-order valence-electron chi connectivity index (χ4n) is 8.93. The van der Waals surface area contributed by atoms with Gasteiger partial charge in [-0.3, -0.25) is 28.8 Å². The Morgan fingerprint density at radius 2 is 1.60 bits per heavy atom. The van der Waals surface area contributed by atoms with Crippen LogP contribution in [0.4, 0.5) is 8.78 Å². The number of carbonyl (C=O) groups is 7. The maximum Gasteiger partial charge on any atom is 0.328 e. The highest BCUT2D eigenvalue weighted by Crippen LogP contribution is 2.29. The van der Waals surface area contributed by atoms with Crippen LogP contribution < -0.4 is 16.0 Å². The van der Waals surface area contributed by atoms with E-state index in [1.165, 1.54) is 21.6 Å². The van der Waals surface area contributed by atoms with Crippen LogP contribution >= 0.6 is 0 Å². The maximum absolute atomic E-state index is 14.5. The Hall–Kier alpha value is -4.89. The number of fused-ring (bicyclic) bond motifs is 3. The summed E-state index contributed by atoms with van der Waals surface area (Å²) in [5, 5.41) is 8.08. The Morgan fingerprint density at radius 3 is 2.33 bits per heavy atom. The van der Waals surface area contributed by atoms with E-state index in [0.717, 1.165) is 44.2 Å². The van der Waals surface area contributed by atoms with Crippen molar-refractivity contribution in [3.63, 3.8) is 0 Å². The maximum atomic E-state index is 14.5. The van der Waals surface area contributed by atoms with Gasteiger partial charge in [0.15, 0.2) is 0 Å². The molecule has 0 bridgehead atoms. The number of nitrogens with one attached hydrogen (secondary N) is 3. The number of benzene rings is 1. The van der Waals surface area contributed by atoms with E-state index in [1.807, 2.05) is 6.92 Å². The first-order chi connectivity index (χ1) is 27.3. The molecule has 6 rings (SSSR count). The van der Waals surface area contributed by atoms with E-state index in [1.54, 1.807) is 12.2 Å². The summed E-state index contributed by atoms with van der Waals surface area (Å²) in [6.45, 7) is 3.18. The minimum atomic E-state index is -1.55. The molecule has 1 saturated carbocycles. The number of nitrogens with zero attached hydrogens (tertiary/aromatic N) is 3. The molecule has 4 aliphatic heterocycles. The van der Waals surface area contributed by atoms with Crippen molar-refractivity contribution in [3.05, 3.63) is 47.5 Å². The number of ether oxygens (including phenoxy) is 1. The number of cyclic esters (lactones) is 1. The van der Waals surface area contributed by atoms with Gasteiger partial charge >= 0.3 is 5.97 Å². The largest absolute Gasteiger partial charge is 0.461 e. The molecule has 3 N–H and O–H groups in total. The number of halogens is 2. The topological polar surface area (TPSA) is 175 Å². The SMILES string of the molecule is C[C@@H]1C[C@H]2C(=O)OC[C@H](NC(=O)[C@H](Cc3cc(F)cc(F)c3)NC(=O)CCC3CCCCC3)C(=O)N3CCC[C@H]3C(=O)N3CC=CC[C@H]3C(=O)N[C@@H](C)C(=O)N2C1. The molecule has 310 valence electrons. The van der Waals surface area contributed by atoms with E-state index in [9.17, 15) is 42.3 Å². The Kier molecular flexibility index (Phi) is 13.6. The highest BCUT2D eigenvalue weighted by atomic mass is 19.1. The predicted molar refractivity (Wildman–Crippen MR) is 202 cm³/mol. The fraction of sp³-hybridized carbons (Fsp3) is 0.634. The monoisotopic (exact) mass is 796 g/mol. The second-order valence-electron chi connectivity index (χ2n) is 16.3. The average molecular weight is 797 g/mol. The highest BCUT2D eigenvalue weighted by Gasteiger charge is 2.45. The molecule has 4 fully saturated rings. The summed E-state index contributed by atoms with van der Waals surface area (Å²) in [4.78, 5) is 101. The van der Waals surface area contributed by atoms with Gasteiger partial charge in [-0.2, -0.15) is 0 Å². The molecule has 3 saturated heterocycles. The Bertz CT molecular complexity index is 1730. The van der Waals surface area contributed by atoms with E-state index in [4.69, 9.17) is 4.74 Å². The standard InChI is InChI=1S/C41H54F2N6O8/c1-24-17-34-41(56)57-23-31(46-36(51)30(20-27-18-28(42)21-29(43)19-27)45-35(50)14-13-26-9-4-3-5-10-26)39(54)48-16-8-12-33(48)40(55)47-15-7-6-11-32(47)37(52)44-25(2)38(53)49(34)22-24/h6-7,18-19,21,24-26,30-34H,3-5,8-17,20,22-23H2,1-2H3,(H,44,52)(H,45,50)(H,46,51)/t24-,25+,30+,31+,32+,33+,34+/m1/s1. The molecule has 57 heavy (non-hydrogen) atoms. The van der Waals surface area contributed by atoms with Gasteiger partial charge in [0.25, 0.3) is 0 Å². The van der Waals surface area contributed by atoms with Gasteiger partial charge in [0, 0.05) is 38.5 Å². The first-order valence-corrected chi connectivity index (χ1v) is 20.4. The Labute approximate surface area is 331 Å². The quantitative estimate of drug-likeness (QED) is 0.266. The van der Waals surface area contributed by atoms with E-state index < -0.39 is 95.9 Å². The third-order valence-electron chi connectivity index (χ3n) is 11.9. The van der Waals surface area contributed by atoms with E-state index >= 15 is 0 Å². The zero-order chi connectivity index (χ0) is 40.8. The lowest BCUT2D eigenvalue weighted by atomic mass is 9.86. The van der Waals surface area contributed by atoms with Crippen molar-refractivity contribution in [1.29, 1.82) is 0 Å². The van der Waals surface area contributed by atoms with E-state index in [2.05, 4.69) is 16.0 Å². The molecule has 0 spiro atoms. The molecule has 0 radical (unpaired) electrons. The molecule has 4 heterocycles. The number of amides is 6. The average Bonchev–Trinajstić information content (AvgIpc) is 3.84. The van der Waals surface area contributed by atoms with Gasteiger partial charge in [0.05, 0.1) is 0 Å². The summed E-state index contributed by atoms with van der Waals surface area (Å²) < 4.78 is 34.3. The zero-order valence-corrected chi connectivity index (χ0v) is 32.7. The van der Waals surface area contributed by atoms with Crippen LogP contribution in [-0.4, -0.2) is 119 Å². The number of esters is 1. The van der Waals surface area contributed by atoms with Gasteiger partial charge in [0.1, 0.15) is 54.5 Å². The highest BCUT2D eigenvalue weighted by molar-refractivity contribution is 5.98. The summed E-state index contributed by atoms with van der Waals surface area (Å²) in [5.41, 5.74) is 0.0877. The summed E-state index contributed by atoms with van der Waals surface area (Å²) in [7, 11) is 0. The summed E-state index contributed by atoms with van der Waals surface area (Å²) in [6.07, 6.45) is 10.5. The Morgan fingerprint density at radius 1 is 0.860 bits per heavy atom. The third-order valence-corrected chi connectivity index (χ3v) is 11.9. The number of hydrogen-bond acceptors (Lipinski definition) is 8. The van der Waals surface area contributed by atoms with Crippen molar-refractivity contribution >= 4 is 41.4 Å². The minimum absolute atomic E-state index is 0.0877. The van der Waals surface area contributed by atoms with E-state index in [0.29, 0.717) is 24.8 Å². The molecule has 0 unspecified atom stereocenters. The van der Waals surface area contributed by atoms with Crippen molar-refractivity contribution in [1.82, 2.24) is 30.7 Å². The van der Waals surface area contributed by atoms with Gasteiger partial charge in [-0.25, -0.2) is 13.6 Å². The smallest absolute Gasteiger partial charge is 0.328 e. The fourth-order valence-corrected chi connectivity index (χ4v) is 8.93. The molecule has 16 heteroatoms. The molecule has 14 nitrogen and oxygen atoms in total. The number of rotatable bonds is 8. The van der Waals surface area contributed by atoms with Crippen LogP contribution in [0.5, 0.6) is 0 Å².